The van der Waals surface area contributed by atoms with Crippen molar-refractivity contribution >= 4 is 27.5 Å². The van der Waals surface area contributed by atoms with Gasteiger partial charge in [-0.2, -0.15) is 5.10 Å². The number of likely N-dealkylation sites (tertiary alicyclic amines) is 1. The predicted octanol–water partition coefficient (Wildman–Crippen LogP) is 3.61. The molecular formula is C17H14BrFN4O. The first-order valence-corrected chi connectivity index (χ1v) is 8.49. The summed E-state index contributed by atoms with van der Waals surface area (Å²) in [7, 11) is 0. The van der Waals surface area contributed by atoms with E-state index in [0.29, 0.717) is 23.3 Å². The number of nitrogens with zero attached hydrogens (tertiary/aromatic N) is 4. The van der Waals surface area contributed by atoms with Gasteiger partial charge in [0.2, 0.25) is 0 Å². The first-order chi connectivity index (χ1) is 11.6. The van der Waals surface area contributed by atoms with E-state index in [9.17, 15) is 9.18 Å². The number of halogens is 2. The van der Waals surface area contributed by atoms with Crippen molar-refractivity contribution in [1.29, 1.82) is 0 Å². The van der Waals surface area contributed by atoms with Crippen LogP contribution < -0.4 is 0 Å². The molecule has 0 N–H and O–H groups in total. The summed E-state index contributed by atoms with van der Waals surface area (Å²) in [6, 6.07) is 6.40. The molecular weight excluding hydrogens is 375 g/mol. The van der Waals surface area contributed by atoms with Crippen LogP contribution in [0.5, 0.6) is 0 Å². The fraction of sp³-hybridized carbons (Fsp3) is 0.235. The van der Waals surface area contributed by atoms with Crippen LogP contribution in [0.4, 0.5) is 4.39 Å². The number of hydrogen-bond donors (Lipinski definition) is 0. The van der Waals surface area contributed by atoms with Crippen LogP contribution in [0.1, 0.15) is 34.8 Å². The number of amides is 1. The molecule has 1 aromatic carbocycles. The molecule has 0 saturated carbocycles. The molecule has 2 aromatic heterocycles. The minimum atomic E-state index is -0.274. The van der Waals surface area contributed by atoms with Crippen LogP contribution in [-0.2, 0) is 0 Å². The van der Waals surface area contributed by atoms with Gasteiger partial charge in [0.1, 0.15) is 11.4 Å². The van der Waals surface area contributed by atoms with E-state index in [1.165, 1.54) is 12.3 Å². The summed E-state index contributed by atoms with van der Waals surface area (Å²) >= 11 is 3.33. The average molecular weight is 389 g/mol. The molecule has 0 aliphatic carbocycles. The minimum Gasteiger partial charge on any atom is -0.331 e. The maximum absolute atomic E-state index is 14.1. The number of benzene rings is 1. The largest absolute Gasteiger partial charge is 0.331 e. The van der Waals surface area contributed by atoms with Gasteiger partial charge in [0.15, 0.2) is 5.65 Å². The Kier molecular flexibility index (Phi) is 3.80. The van der Waals surface area contributed by atoms with E-state index >= 15 is 0 Å². The topological polar surface area (TPSA) is 50.5 Å². The standard InChI is InChI=1S/C17H14BrFN4O/c18-11-8-20-16-13(9-21-23(16)10-11)17(24)22-7-3-6-15(22)12-4-1-2-5-14(12)19/h1-2,4-5,8-10,15H,3,6-7H2/t15-/m0/s1. The summed E-state index contributed by atoms with van der Waals surface area (Å²) in [6.45, 7) is 0.603. The molecule has 0 unspecified atom stereocenters. The molecule has 1 saturated heterocycles. The van der Waals surface area contributed by atoms with Gasteiger partial charge < -0.3 is 4.90 Å². The molecule has 1 amide bonds. The Hall–Kier alpha value is -2.28. The second-order valence-electron chi connectivity index (χ2n) is 5.78. The molecule has 3 aromatic rings. The third-order valence-electron chi connectivity index (χ3n) is 4.33. The van der Waals surface area contributed by atoms with Crippen molar-refractivity contribution in [3.8, 4) is 0 Å². The number of fused-ring (bicyclic) bond motifs is 1. The zero-order valence-electron chi connectivity index (χ0n) is 12.7. The third kappa shape index (κ3) is 2.49. The molecule has 1 aliphatic rings. The molecule has 1 atom stereocenters. The maximum atomic E-state index is 14.1. The van der Waals surface area contributed by atoms with E-state index in [1.807, 2.05) is 0 Å². The molecule has 3 heterocycles. The Morgan fingerprint density at radius 1 is 1.29 bits per heavy atom. The number of hydrogen-bond acceptors (Lipinski definition) is 3. The summed E-state index contributed by atoms with van der Waals surface area (Å²) in [4.78, 5) is 19.0. The smallest absolute Gasteiger partial charge is 0.259 e. The van der Waals surface area contributed by atoms with Gasteiger partial charge in [-0.15, -0.1) is 0 Å². The van der Waals surface area contributed by atoms with Crippen LogP contribution >= 0.6 is 15.9 Å². The van der Waals surface area contributed by atoms with E-state index in [-0.39, 0.29) is 17.8 Å². The number of aromatic nitrogens is 3. The van der Waals surface area contributed by atoms with Gasteiger partial charge in [0.25, 0.3) is 5.91 Å². The van der Waals surface area contributed by atoms with Crippen molar-refractivity contribution in [2.45, 2.75) is 18.9 Å². The second kappa shape index (κ2) is 5.98. The molecule has 1 fully saturated rings. The van der Waals surface area contributed by atoms with E-state index in [1.54, 1.807) is 40.0 Å². The fourth-order valence-corrected chi connectivity index (χ4v) is 3.53. The van der Waals surface area contributed by atoms with Gasteiger partial charge in [0, 0.05) is 24.5 Å². The van der Waals surface area contributed by atoms with Crippen LogP contribution in [0, 0.1) is 5.82 Å². The van der Waals surface area contributed by atoms with Crippen LogP contribution in [0.2, 0.25) is 0 Å². The SMILES string of the molecule is O=C(c1cnn2cc(Br)cnc12)N1CCC[C@H]1c1ccccc1F. The van der Waals surface area contributed by atoms with Gasteiger partial charge >= 0.3 is 0 Å². The Balaban J connectivity index is 1.71. The maximum Gasteiger partial charge on any atom is 0.259 e. The summed E-state index contributed by atoms with van der Waals surface area (Å²) in [5.41, 5.74) is 1.50. The monoisotopic (exact) mass is 388 g/mol. The van der Waals surface area contributed by atoms with Gasteiger partial charge in [0.05, 0.1) is 16.7 Å². The zero-order valence-corrected chi connectivity index (χ0v) is 14.3. The zero-order chi connectivity index (χ0) is 16.7. The lowest BCUT2D eigenvalue weighted by atomic mass is 10.0. The third-order valence-corrected chi connectivity index (χ3v) is 4.74. The normalized spacial score (nSPS) is 17.6. The second-order valence-corrected chi connectivity index (χ2v) is 6.69. The van der Waals surface area contributed by atoms with Crippen molar-refractivity contribution in [2.24, 2.45) is 0 Å². The fourth-order valence-electron chi connectivity index (χ4n) is 3.24. The van der Waals surface area contributed by atoms with Crippen LogP contribution in [0.3, 0.4) is 0 Å². The first kappa shape index (κ1) is 15.3. The van der Waals surface area contributed by atoms with Gasteiger partial charge in [-0.25, -0.2) is 13.9 Å². The highest BCUT2D eigenvalue weighted by Crippen LogP contribution is 2.34. The quantitative estimate of drug-likeness (QED) is 0.673. The van der Waals surface area contributed by atoms with Crippen LogP contribution in [0.25, 0.3) is 5.65 Å². The van der Waals surface area contributed by atoms with Gasteiger partial charge in [-0.3, -0.25) is 4.79 Å². The number of carbonyl (C=O) groups is 1. The first-order valence-electron chi connectivity index (χ1n) is 7.69. The lowest BCUT2D eigenvalue weighted by Crippen LogP contribution is -2.31. The average Bonchev–Trinajstić information content (AvgIpc) is 3.21. The molecule has 1 aliphatic heterocycles. The predicted molar refractivity (Wildman–Crippen MR) is 90.1 cm³/mol. The van der Waals surface area contributed by atoms with Gasteiger partial charge in [-0.1, -0.05) is 18.2 Å². The Morgan fingerprint density at radius 2 is 2.12 bits per heavy atom. The van der Waals surface area contributed by atoms with E-state index < -0.39 is 0 Å². The summed E-state index contributed by atoms with van der Waals surface area (Å²) in [5.74, 6) is -0.435. The van der Waals surface area contributed by atoms with Crippen molar-refractivity contribution in [3.63, 3.8) is 0 Å². The van der Waals surface area contributed by atoms with Crippen molar-refractivity contribution in [1.82, 2.24) is 19.5 Å². The highest BCUT2D eigenvalue weighted by molar-refractivity contribution is 9.10. The van der Waals surface area contributed by atoms with Crippen molar-refractivity contribution < 1.29 is 9.18 Å². The lowest BCUT2D eigenvalue weighted by molar-refractivity contribution is 0.0735. The highest BCUT2D eigenvalue weighted by Gasteiger charge is 2.33. The van der Waals surface area contributed by atoms with Crippen molar-refractivity contribution in [2.75, 3.05) is 6.54 Å². The lowest BCUT2D eigenvalue weighted by Gasteiger charge is -2.25. The summed E-state index contributed by atoms with van der Waals surface area (Å²) < 4.78 is 16.5. The molecule has 4 rings (SSSR count). The molecule has 0 spiro atoms. The van der Waals surface area contributed by atoms with E-state index in [2.05, 4.69) is 26.0 Å². The molecule has 0 radical (unpaired) electrons. The molecule has 122 valence electrons. The van der Waals surface area contributed by atoms with Crippen LogP contribution in [-0.4, -0.2) is 31.9 Å². The Labute approximate surface area is 146 Å². The van der Waals surface area contributed by atoms with Gasteiger partial charge in [-0.05, 0) is 34.8 Å². The molecule has 7 heteroatoms. The van der Waals surface area contributed by atoms with Crippen LogP contribution in [0.15, 0.2) is 47.3 Å². The summed E-state index contributed by atoms with van der Waals surface area (Å²) in [6.07, 6.45) is 6.51. The molecule has 0 bridgehead atoms. The van der Waals surface area contributed by atoms with Crippen molar-refractivity contribution in [3.05, 3.63) is 64.3 Å². The molecule has 5 nitrogen and oxygen atoms in total. The Morgan fingerprint density at radius 3 is 2.96 bits per heavy atom. The van der Waals surface area contributed by atoms with E-state index in [4.69, 9.17) is 0 Å². The number of carbonyl (C=O) groups excluding carboxylic acids is 1. The summed E-state index contributed by atoms with van der Waals surface area (Å²) in [5, 5.41) is 4.19. The minimum absolute atomic E-state index is 0.162. The number of rotatable bonds is 2. The molecule has 24 heavy (non-hydrogen) atoms. The van der Waals surface area contributed by atoms with E-state index in [0.717, 1.165) is 17.3 Å². The highest BCUT2D eigenvalue weighted by atomic mass is 79.9. The Bertz CT molecular complexity index is 926.